The second kappa shape index (κ2) is 7.34. The maximum Gasteiger partial charge on any atom is 0.325 e. The van der Waals surface area contributed by atoms with Gasteiger partial charge in [0.25, 0.3) is 5.91 Å². The largest absolute Gasteiger partial charge is 0.337 e. The average Bonchev–Trinajstić information content (AvgIpc) is 3.34. The molecule has 0 bridgehead atoms. The fraction of sp³-hybridized carbons (Fsp3) is 0.333. The number of fused-ring (bicyclic) bond motifs is 2. The zero-order chi connectivity index (χ0) is 21.6. The van der Waals surface area contributed by atoms with Crippen LogP contribution < -0.4 is 5.32 Å². The molecule has 7 heteroatoms. The third-order valence-electron chi connectivity index (χ3n) is 6.25. The number of nitrogens with zero attached hydrogens (tertiary/aromatic N) is 3. The summed E-state index contributed by atoms with van der Waals surface area (Å²) < 4.78 is 5.37. The van der Waals surface area contributed by atoms with Crippen molar-refractivity contribution in [1.82, 2.24) is 20.4 Å². The van der Waals surface area contributed by atoms with Gasteiger partial charge in [0.05, 0.1) is 0 Å². The second-order valence-corrected chi connectivity index (χ2v) is 8.53. The number of imide groups is 1. The molecule has 1 saturated heterocycles. The highest BCUT2D eigenvalue weighted by Crippen LogP contribution is 2.40. The standard InChI is InChI=1S/C24H24N4O3/c1-15(2)16-9-11-18(12-10-16)21-25-20(31-27-21)14-28-22(29)24(26-23(28)30)13-5-7-17-6-3-4-8-19(17)24/h3-4,6,8-12,15H,5,7,13-14H2,1-2H3,(H,26,30). The number of carbonyl (C=O) groups is 2. The Balaban J connectivity index is 1.38. The quantitative estimate of drug-likeness (QED) is 0.646. The lowest BCUT2D eigenvalue weighted by Gasteiger charge is -2.33. The van der Waals surface area contributed by atoms with E-state index in [0.717, 1.165) is 29.5 Å². The van der Waals surface area contributed by atoms with E-state index >= 15 is 0 Å². The summed E-state index contributed by atoms with van der Waals surface area (Å²) in [7, 11) is 0. The van der Waals surface area contributed by atoms with Crippen LogP contribution in [0.1, 0.15) is 55.2 Å². The molecule has 0 radical (unpaired) electrons. The first kappa shape index (κ1) is 19.5. The van der Waals surface area contributed by atoms with E-state index in [1.807, 2.05) is 48.5 Å². The minimum absolute atomic E-state index is 0.0499. The summed E-state index contributed by atoms with van der Waals surface area (Å²) in [5.74, 6) is 0.847. The Morgan fingerprint density at radius 1 is 1.13 bits per heavy atom. The zero-order valence-electron chi connectivity index (χ0n) is 17.6. The van der Waals surface area contributed by atoms with Gasteiger partial charge in [0.1, 0.15) is 12.1 Å². The van der Waals surface area contributed by atoms with E-state index in [1.54, 1.807) is 0 Å². The summed E-state index contributed by atoms with van der Waals surface area (Å²) in [6.07, 6.45) is 2.33. The molecule has 1 atom stereocenters. The molecule has 158 valence electrons. The van der Waals surface area contributed by atoms with Gasteiger partial charge >= 0.3 is 6.03 Å². The fourth-order valence-electron chi connectivity index (χ4n) is 4.54. The van der Waals surface area contributed by atoms with Gasteiger partial charge in [-0.25, -0.2) is 4.79 Å². The summed E-state index contributed by atoms with van der Waals surface area (Å²) in [5, 5.41) is 6.99. The number of amides is 3. The molecule has 2 heterocycles. The predicted molar refractivity (Wildman–Crippen MR) is 114 cm³/mol. The first-order chi connectivity index (χ1) is 15.0. The van der Waals surface area contributed by atoms with Crippen molar-refractivity contribution in [3.8, 4) is 11.4 Å². The molecule has 3 amide bonds. The summed E-state index contributed by atoms with van der Waals surface area (Å²) in [6.45, 7) is 4.22. The van der Waals surface area contributed by atoms with E-state index in [-0.39, 0.29) is 18.3 Å². The molecule has 31 heavy (non-hydrogen) atoms. The van der Waals surface area contributed by atoms with Gasteiger partial charge in [0.2, 0.25) is 11.7 Å². The number of rotatable bonds is 4. The number of nitrogens with one attached hydrogen (secondary N) is 1. The Hall–Kier alpha value is -3.48. The van der Waals surface area contributed by atoms with Crippen molar-refractivity contribution in [2.24, 2.45) is 0 Å². The van der Waals surface area contributed by atoms with E-state index in [2.05, 4.69) is 29.3 Å². The van der Waals surface area contributed by atoms with Crippen molar-refractivity contribution in [3.05, 3.63) is 71.1 Å². The highest BCUT2D eigenvalue weighted by molar-refractivity contribution is 6.07. The predicted octanol–water partition coefficient (Wildman–Crippen LogP) is 4.14. The Morgan fingerprint density at radius 3 is 2.68 bits per heavy atom. The molecule has 1 aliphatic heterocycles. The van der Waals surface area contributed by atoms with Crippen molar-refractivity contribution in [2.75, 3.05) is 0 Å². The molecule has 2 aromatic carbocycles. The average molecular weight is 416 g/mol. The lowest BCUT2D eigenvalue weighted by Crippen LogP contribution is -2.46. The van der Waals surface area contributed by atoms with Crippen molar-refractivity contribution >= 4 is 11.9 Å². The van der Waals surface area contributed by atoms with Crippen LogP contribution in [0.25, 0.3) is 11.4 Å². The first-order valence-corrected chi connectivity index (χ1v) is 10.6. The van der Waals surface area contributed by atoms with Crippen molar-refractivity contribution < 1.29 is 14.1 Å². The number of aromatic nitrogens is 2. The molecule has 1 N–H and O–H groups in total. The van der Waals surface area contributed by atoms with Crippen LogP contribution in [0, 0.1) is 0 Å². The van der Waals surface area contributed by atoms with Crippen LogP contribution in [0.4, 0.5) is 4.79 Å². The number of aryl methyl sites for hydroxylation is 1. The number of benzene rings is 2. The summed E-state index contributed by atoms with van der Waals surface area (Å²) in [5.41, 5.74) is 3.05. The van der Waals surface area contributed by atoms with E-state index in [1.165, 1.54) is 10.5 Å². The van der Waals surface area contributed by atoms with Gasteiger partial charge in [-0.2, -0.15) is 4.98 Å². The minimum Gasteiger partial charge on any atom is -0.337 e. The zero-order valence-corrected chi connectivity index (χ0v) is 17.6. The molecule has 1 fully saturated rings. The number of carbonyl (C=O) groups excluding carboxylic acids is 2. The first-order valence-electron chi connectivity index (χ1n) is 10.6. The fourth-order valence-corrected chi connectivity index (χ4v) is 4.54. The maximum atomic E-state index is 13.4. The van der Waals surface area contributed by atoms with Crippen molar-refractivity contribution in [2.45, 2.75) is 51.1 Å². The van der Waals surface area contributed by atoms with E-state index in [4.69, 9.17) is 4.52 Å². The number of hydrogen-bond donors (Lipinski definition) is 1. The summed E-state index contributed by atoms with van der Waals surface area (Å²) in [6, 6.07) is 15.4. The van der Waals surface area contributed by atoms with Gasteiger partial charge in [0, 0.05) is 5.56 Å². The van der Waals surface area contributed by atoms with Gasteiger partial charge in [-0.3, -0.25) is 9.69 Å². The molecule has 1 aliphatic carbocycles. The Bertz CT molecular complexity index is 1150. The van der Waals surface area contributed by atoms with Gasteiger partial charge in [-0.05, 0) is 41.9 Å². The molecule has 7 nitrogen and oxygen atoms in total. The smallest absolute Gasteiger partial charge is 0.325 e. The monoisotopic (exact) mass is 416 g/mol. The third-order valence-corrected chi connectivity index (χ3v) is 6.25. The molecule has 1 aromatic heterocycles. The normalized spacial score (nSPS) is 20.4. The van der Waals surface area contributed by atoms with Gasteiger partial charge in [-0.1, -0.05) is 67.5 Å². The molecular weight excluding hydrogens is 392 g/mol. The van der Waals surface area contributed by atoms with Crippen molar-refractivity contribution in [3.63, 3.8) is 0 Å². The molecule has 5 rings (SSSR count). The minimum atomic E-state index is -0.999. The van der Waals surface area contributed by atoms with Crippen LogP contribution in [0.15, 0.2) is 53.1 Å². The Kier molecular flexibility index (Phi) is 4.61. The number of urea groups is 1. The lowest BCUT2D eigenvalue weighted by atomic mass is 9.76. The highest BCUT2D eigenvalue weighted by atomic mass is 16.5. The van der Waals surface area contributed by atoms with Crippen LogP contribution in [0.3, 0.4) is 0 Å². The van der Waals surface area contributed by atoms with E-state index < -0.39 is 11.6 Å². The molecular formula is C24H24N4O3. The van der Waals surface area contributed by atoms with Gasteiger partial charge in [-0.15, -0.1) is 0 Å². The van der Waals surface area contributed by atoms with Gasteiger partial charge in [0.15, 0.2) is 0 Å². The third kappa shape index (κ3) is 3.21. The molecule has 1 unspecified atom stereocenters. The Morgan fingerprint density at radius 2 is 1.90 bits per heavy atom. The highest BCUT2D eigenvalue weighted by Gasteiger charge is 2.54. The van der Waals surface area contributed by atoms with Crippen LogP contribution in [-0.4, -0.2) is 27.0 Å². The van der Waals surface area contributed by atoms with Crippen LogP contribution in [0.5, 0.6) is 0 Å². The van der Waals surface area contributed by atoms with Crippen LogP contribution in [-0.2, 0) is 23.3 Å². The second-order valence-electron chi connectivity index (χ2n) is 8.53. The van der Waals surface area contributed by atoms with Gasteiger partial charge < -0.3 is 9.84 Å². The maximum absolute atomic E-state index is 13.4. The summed E-state index contributed by atoms with van der Waals surface area (Å²) in [4.78, 5) is 31.7. The van der Waals surface area contributed by atoms with E-state index in [9.17, 15) is 9.59 Å². The van der Waals surface area contributed by atoms with E-state index in [0.29, 0.717) is 18.2 Å². The Labute approximate surface area is 180 Å². The SMILES string of the molecule is CC(C)c1ccc(-c2noc(CN3C(=O)NC4(CCCc5ccccc54)C3=O)n2)cc1. The molecule has 0 saturated carbocycles. The number of hydrogen-bond acceptors (Lipinski definition) is 5. The molecule has 3 aromatic rings. The summed E-state index contributed by atoms with van der Waals surface area (Å²) >= 11 is 0. The molecule has 2 aliphatic rings. The van der Waals surface area contributed by atoms with Crippen LogP contribution >= 0.6 is 0 Å². The van der Waals surface area contributed by atoms with Crippen LogP contribution in [0.2, 0.25) is 0 Å². The molecule has 1 spiro atoms. The topological polar surface area (TPSA) is 88.3 Å². The van der Waals surface area contributed by atoms with Crippen molar-refractivity contribution in [1.29, 1.82) is 0 Å². The lowest BCUT2D eigenvalue weighted by molar-refractivity contribution is -0.132.